The van der Waals surface area contributed by atoms with Crippen molar-refractivity contribution in [2.75, 3.05) is 24.6 Å². The second-order valence-corrected chi connectivity index (χ2v) is 7.92. The number of ether oxygens (including phenoxy) is 2. The first-order valence-corrected chi connectivity index (χ1v) is 10.3. The highest BCUT2D eigenvalue weighted by molar-refractivity contribution is 7.93. The Hall–Kier alpha value is -1.96. The van der Waals surface area contributed by atoms with E-state index in [-0.39, 0.29) is 39.4 Å². The van der Waals surface area contributed by atoms with Crippen LogP contribution in [-0.2, 0) is 14.8 Å². The summed E-state index contributed by atoms with van der Waals surface area (Å²) in [7, 11) is -2.62. The van der Waals surface area contributed by atoms with Gasteiger partial charge in [0.1, 0.15) is 15.7 Å². The third-order valence-corrected chi connectivity index (χ3v) is 6.65. The molecule has 0 heterocycles. The molecule has 2 rings (SSSR count). The molecule has 0 bridgehead atoms. The van der Waals surface area contributed by atoms with Crippen LogP contribution < -0.4 is 9.04 Å². The lowest BCUT2D eigenvalue weighted by Crippen LogP contribution is -2.31. The fourth-order valence-corrected chi connectivity index (χ4v) is 4.77. The zero-order valence-corrected chi connectivity index (χ0v) is 17.4. The molecule has 0 aliphatic rings. The summed E-state index contributed by atoms with van der Waals surface area (Å²) < 4.78 is 37.5. The molecule has 0 saturated heterocycles. The third kappa shape index (κ3) is 4.31. The Morgan fingerprint density at radius 2 is 1.81 bits per heavy atom. The highest BCUT2D eigenvalue weighted by Crippen LogP contribution is 2.38. The number of halogens is 2. The maximum Gasteiger partial charge on any atom is 0.338 e. The Balaban J connectivity index is 2.53. The van der Waals surface area contributed by atoms with E-state index in [0.717, 1.165) is 4.31 Å². The molecule has 27 heavy (non-hydrogen) atoms. The molecule has 0 aliphatic carbocycles. The lowest BCUT2D eigenvalue weighted by molar-refractivity contribution is 0.0526. The van der Waals surface area contributed by atoms with Crippen LogP contribution in [0.4, 0.5) is 5.69 Å². The van der Waals surface area contributed by atoms with Gasteiger partial charge in [-0.3, -0.25) is 4.31 Å². The Morgan fingerprint density at radius 3 is 2.41 bits per heavy atom. The molecular formula is C18H19Cl2NO5S. The molecule has 0 unspecified atom stereocenters. The van der Waals surface area contributed by atoms with Gasteiger partial charge in [0.2, 0.25) is 0 Å². The number of rotatable bonds is 7. The normalized spacial score (nSPS) is 11.1. The van der Waals surface area contributed by atoms with Crippen LogP contribution in [0.15, 0.2) is 41.3 Å². The SMILES string of the molecule is CCOC(=O)c1cccc(N(CC)S(=O)(=O)c2ccc(OC)c(Cl)c2Cl)c1. The average Bonchev–Trinajstić information content (AvgIpc) is 2.64. The van der Waals surface area contributed by atoms with Gasteiger partial charge in [-0.05, 0) is 44.2 Å². The van der Waals surface area contributed by atoms with Gasteiger partial charge in [-0.25, -0.2) is 13.2 Å². The molecule has 0 radical (unpaired) electrons. The van der Waals surface area contributed by atoms with Crippen LogP contribution >= 0.6 is 23.2 Å². The van der Waals surface area contributed by atoms with E-state index in [2.05, 4.69) is 0 Å². The van der Waals surface area contributed by atoms with Crippen molar-refractivity contribution in [2.45, 2.75) is 18.7 Å². The van der Waals surface area contributed by atoms with E-state index >= 15 is 0 Å². The van der Waals surface area contributed by atoms with Gasteiger partial charge < -0.3 is 9.47 Å². The first kappa shape index (κ1) is 21.3. The number of benzene rings is 2. The van der Waals surface area contributed by atoms with Gasteiger partial charge in [-0.15, -0.1) is 0 Å². The number of carbonyl (C=O) groups is 1. The van der Waals surface area contributed by atoms with Gasteiger partial charge in [-0.1, -0.05) is 29.3 Å². The van der Waals surface area contributed by atoms with Gasteiger partial charge in [-0.2, -0.15) is 0 Å². The standard InChI is InChI=1S/C18H19Cl2NO5S/c1-4-21(13-8-6-7-12(11-13)18(22)26-5-2)27(23,24)15-10-9-14(25-3)16(19)17(15)20/h6-11H,4-5H2,1-3H3. The van der Waals surface area contributed by atoms with E-state index in [1.54, 1.807) is 32.0 Å². The zero-order valence-electron chi connectivity index (χ0n) is 15.0. The monoisotopic (exact) mass is 431 g/mol. The van der Waals surface area contributed by atoms with Crippen molar-refractivity contribution in [3.63, 3.8) is 0 Å². The highest BCUT2D eigenvalue weighted by atomic mass is 35.5. The minimum absolute atomic E-state index is 0.0107. The lowest BCUT2D eigenvalue weighted by Gasteiger charge is -2.24. The Bertz CT molecular complexity index is 947. The van der Waals surface area contributed by atoms with E-state index in [1.807, 2.05) is 0 Å². The van der Waals surface area contributed by atoms with Crippen molar-refractivity contribution in [1.29, 1.82) is 0 Å². The molecule has 0 N–H and O–H groups in total. The summed E-state index contributed by atoms with van der Waals surface area (Å²) in [5.74, 6) is -0.258. The second kappa shape index (κ2) is 8.82. The molecule has 0 aromatic heterocycles. The summed E-state index contributed by atoms with van der Waals surface area (Å²) in [5.41, 5.74) is 0.563. The van der Waals surface area contributed by atoms with Crippen molar-refractivity contribution in [3.8, 4) is 5.75 Å². The summed E-state index contributed by atoms with van der Waals surface area (Å²) in [6.07, 6.45) is 0. The summed E-state index contributed by atoms with van der Waals surface area (Å²) in [4.78, 5) is 11.8. The van der Waals surface area contributed by atoms with Crippen LogP contribution in [0.25, 0.3) is 0 Å². The minimum atomic E-state index is -4.03. The van der Waals surface area contributed by atoms with Gasteiger partial charge >= 0.3 is 5.97 Å². The second-order valence-electron chi connectivity index (χ2n) is 5.33. The molecule has 0 fully saturated rings. The summed E-state index contributed by atoms with van der Waals surface area (Å²) >= 11 is 12.3. The fourth-order valence-electron chi connectivity index (χ4n) is 2.48. The smallest absolute Gasteiger partial charge is 0.338 e. The number of esters is 1. The predicted molar refractivity (Wildman–Crippen MR) is 106 cm³/mol. The minimum Gasteiger partial charge on any atom is -0.495 e. The van der Waals surface area contributed by atoms with E-state index < -0.39 is 16.0 Å². The average molecular weight is 432 g/mol. The first-order chi connectivity index (χ1) is 12.8. The summed E-state index contributed by atoms with van der Waals surface area (Å²) in [5, 5.41) is -0.118. The summed E-state index contributed by atoms with van der Waals surface area (Å²) in [6, 6.07) is 8.95. The Labute approximate surface area is 168 Å². The maximum absolute atomic E-state index is 13.2. The molecule has 0 aliphatic heterocycles. The Kier molecular flexibility index (Phi) is 6.97. The molecule has 146 valence electrons. The number of anilines is 1. The molecule has 0 spiro atoms. The first-order valence-electron chi connectivity index (χ1n) is 8.09. The molecule has 0 atom stereocenters. The molecular weight excluding hydrogens is 413 g/mol. The fraction of sp³-hybridized carbons (Fsp3) is 0.278. The van der Waals surface area contributed by atoms with Gasteiger partial charge in [0, 0.05) is 6.54 Å². The van der Waals surface area contributed by atoms with Crippen molar-refractivity contribution >= 4 is 44.9 Å². The van der Waals surface area contributed by atoms with E-state index in [0.29, 0.717) is 5.69 Å². The number of carbonyl (C=O) groups excluding carboxylic acids is 1. The number of nitrogens with zero attached hydrogens (tertiary/aromatic N) is 1. The lowest BCUT2D eigenvalue weighted by atomic mass is 10.2. The van der Waals surface area contributed by atoms with E-state index in [4.69, 9.17) is 32.7 Å². The molecule has 2 aromatic rings. The van der Waals surface area contributed by atoms with E-state index in [9.17, 15) is 13.2 Å². The largest absolute Gasteiger partial charge is 0.495 e. The van der Waals surface area contributed by atoms with Crippen molar-refractivity contribution in [3.05, 3.63) is 52.0 Å². The maximum atomic E-state index is 13.2. The zero-order chi connectivity index (χ0) is 20.2. The molecule has 6 nitrogen and oxygen atoms in total. The van der Waals surface area contributed by atoms with Gasteiger partial charge in [0.25, 0.3) is 10.0 Å². The van der Waals surface area contributed by atoms with Crippen molar-refractivity contribution < 1.29 is 22.7 Å². The topological polar surface area (TPSA) is 72.9 Å². The van der Waals surface area contributed by atoms with Crippen LogP contribution in [0.5, 0.6) is 5.75 Å². The number of methoxy groups -OCH3 is 1. The number of hydrogen-bond donors (Lipinski definition) is 0. The molecule has 0 saturated carbocycles. The third-order valence-electron chi connectivity index (χ3n) is 3.73. The highest BCUT2D eigenvalue weighted by Gasteiger charge is 2.28. The van der Waals surface area contributed by atoms with Crippen LogP contribution in [0.2, 0.25) is 10.0 Å². The van der Waals surface area contributed by atoms with Gasteiger partial charge in [0.15, 0.2) is 0 Å². The molecule has 9 heteroatoms. The molecule has 2 aromatic carbocycles. The van der Waals surface area contributed by atoms with Crippen LogP contribution in [-0.4, -0.2) is 34.6 Å². The van der Waals surface area contributed by atoms with Crippen LogP contribution in [0.1, 0.15) is 24.2 Å². The van der Waals surface area contributed by atoms with Crippen LogP contribution in [0.3, 0.4) is 0 Å². The summed E-state index contributed by atoms with van der Waals surface area (Å²) in [6.45, 7) is 3.71. The molecule has 0 amide bonds. The predicted octanol–water partition coefficient (Wildman–Crippen LogP) is 4.39. The van der Waals surface area contributed by atoms with Crippen molar-refractivity contribution in [1.82, 2.24) is 0 Å². The van der Waals surface area contributed by atoms with Crippen LogP contribution in [0, 0.1) is 0 Å². The van der Waals surface area contributed by atoms with E-state index in [1.165, 1.54) is 25.3 Å². The number of sulfonamides is 1. The quantitative estimate of drug-likeness (QED) is 0.607. The number of hydrogen-bond acceptors (Lipinski definition) is 5. The van der Waals surface area contributed by atoms with Crippen molar-refractivity contribution in [2.24, 2.45) is 0 Å². The Morgan fingerprint density at radius 1 is 1.11 bits per heavy atom. The van der Waals surface area contributed by atoms with Gasteiger partial charge in [0.05, 0.1) is 30.0 Å².